The molecule has 12 heavy (non-hydrogen) atoms. The average Bonchev–Trinajstić information content (AvgIpc) is 2.00. The summed E-state index contributed by atoms with van der Waals surface area (Å²) in [5.41, 5.74) is 3.33. The van der Waals surface area contributed by atoms with E-state index in [0.717, 1.165) is 0 Å². The van der Waals surface area contributed by atoms with Gasteiger partial charge in [0.05, 0.1) is 0 Å². The fourth-order valence-corrected chi connectivity index (χ4v) is 1.05. The van der Waals surface area contributed by atoms with Gasteiger partial charge in [-0.3, -0.25) is 11.3 Å². The van der Waals surface area contributed by atoms with Gasteiger partial charge in [-0.05, 0) is 24.6 Å². The molecule has 0 saturated heterocycles. The summed E-state index contributed by atoms with van der Waals surface area (Å²) in [5.74, 6) is 4.77. The minimum absolute atomic E-state index is 0.0920. The van der Waals surface area contributed by atoms with Crippen LogP contribution in [-0.2, 0) is 6.54 Å². The summed E-state index contributed by atoms with van der Waals surface area (Å²) in [6.45, 7) is 1.89. The molecule has 1 rings (SSSR count). The van der Waals surface area contributed by atoms with Crippen LogP contribution < -0.4 is 11.3 Å². The van der Waals surface area contributed by atoms with E-state index in [2.05, 4.69) is 5.43 Å². The highest BCUT2D eigenvalue weighted by molar-refractivity contribution is 5.39. The second-order valence-electron chi connectivity index (χ2n) is 2.61. The third-order valence-electron chi connectivity index (χ3n) is 1.64. The van der Waals surface area contributed by atoms with Gasteiger partial charge in [-0.1, -0.05) is 0 Å². The summed E-state index contributed by atoms with van der Waals surface area (Å²) in [4.78, 5) is 0. The quantitative estimate of drug-likeness (QED) is 0.454. The van der Waals surface area contributed by atoms with Crippen molar-refractivity contribution in [2.45, 2.75) is 13.5 Å². The fraction of sp³-hybridized carbons (Fsp3) is 0.250. The Labute approximate surface area is 70.0 Å². The van der Waals surface area contributed by atoms with Crippen LogP contribution in [0.25, 0.3) is 0 Å². The number of rotatable bonds is 2. The van der Waals surface area contributed by atoms with Crippen LogP contribution in [0.5, 0.6) is 5.75 Å². The van der Waals surface area contributed by atoms with Gasteiger partial charge in [0.2, 0.25) is 0 Å². The van der Waals surface area contributed by atoms with Crippen molar-refractivity contribution in [2.75, 3.05) is 0 Å². The Morgan fingerprint density at radius 1 is 1.58 bits per heavy atom. The summed E-state index contributed by atoms with van der Waals surface area (Å²) >= 11 is 0. The van der Waals surface area contributed by atoms with E-state index in [1.165, 1.54) is 12.1 Å². The first-order chi connectivity index (χ1) is 5.65. The summed E-state index contributed by atoms with van der Waals surface area (Å²) in [6, 6.07) is 2.53. The lowest BCUT2D eigenvalue weighted by atomic mass is 10.1. The van der Waals surface area contributed by atoms with E-state index in [-0.39, 0.29) is 18.1 Å². The Balaban J connectivity index is 3.09. The van der Waals surface area contributed by atoms with Gasteiger partial charge in [0.25, 0.3) is 0 Å². The summed E-state index contributed by atoms with van der Waals surface area (Å²) in [7, 11) is 0. The van der Waals surface area contributed by atoms with Gasteiger partial charge in [-0.15, -0.1) is 0 Å². The Bertz CT molecular complexity index is 289. The largest absolute Gasteiger partial charge is 0.507 e. The lowest BCUT2D eigenvalue weighted by Gasteiger charge is -2.06. The van der Waals surface area contributed by atoms with Crippen molar-refractivity contribution in [3.05, 3.63) is 29.1 Å². The third-order valence-corrected chi connectivity index (χ3v) is 1.64. The molecular formula is C8H11FN2O. The predicted octanol–water partition coefficient (Wildman–Crippen LogP) is 0.803. The number of nitrogens with one attached hydrogen (secondary N) is 1. The zero-order valence-electron chi connectivity index (χ0n) is 6.76. The van der Waals surface area contributed by atoms with E-state index in [4.69, 9.17) is 5.84 Å². The van der Waals surface area contributed by atoms with Gasteiger partial charge < -0.3 is 5.11 Å². The van der Waals surface area contributed by atoms with Gasteiger partial charge in [-0.2, -0.15) is 0 Å². The second-order valence-corrected chi connectivity index (χ2v) is 2.61. The maximum Gasteiger partial charge on any atom is 0.124 e. The molecule has 0 saturated carbocycles. The van der Waals surface area contributed by atoms with Gasteiger partial charge >= 0.3 is 0 Å². The van der Waals surface area contributed by atoms with Crippen LogP contribution in [0.15, 0.2) is 12.1 Å². The molecule has 4 N–H and O–H groups in total. The van der Waals surface area contributed by atoms with Crippen LogP contribution >= 0.6 is 0 Å². The van der Waals surface area contributed by atoms with E-state index in [9.17, 15) is 9.50 Å². The van der Waals surface area contributed by atoms with Crippen molar-refractivity contribution in [3.8, 4) is 5.75 Å². The topological polar surface area (TPSA) is 58.3 Å². The molecule has 1 aromatic rings. The summed E-state index contributed by atoms with van der Waals surface area (Å²) in [6.07, 6.45) is 0. The molecule has 66 valence electrons. The average molecular weight is 170 g/mol. The van der Waals surface area contributed by atoms with Crippen molar-refractivity contribution in [1.29, 1.82) is 0 Å². The molecular weight excluding hydrogens is 159 g/mol. The number of hydrogen-bond acceptors (Lipinski definition) is 3. The van der Waals surface area contributed by atoms with Gasteiger partial charge in [-0.25, -0.2) is 4.39 Å². The van der Waals surface area contributed by atoms with Crippen LogP contribution in [0.2, 0.25) is 0 Å². The van der Waals surface area contributed by atoms with Gasteiger partial charge in [0.1, 0.15) is 11.6 Å². The zero-order chi connectivity index (χ0) is 9.14. The normalized spacial score (nSPS) is 10.2. The number of phenols is 1. The smallest absolute Gasteiger partial charge is 0.124 e. The monoisotopic (exact) mass is 170 g/mol. The molecule has 0 aliphatic rings. The predicted molar refractivity (Wildman–Crippen MR) is 43.8 cm³/mol. The van der Waals surface area contributed by atoms with Crippen LogP contribution in [-0.4, -0.2) is 5.11 Å². The highest BCUT2D eigenvalue weighted by Crippen LogP contribution is 2.22. The molecule has 0 aliphatic heterocycles. The van der Waals surface area contributed by atoms with E-state index >= 15 is 0 Å². The number of hydrazine groups is 1. The van der Waals surface area contributed by atoms with Crippen molar-refractivity contribution in [3.63, 3.8) is 0 Å². The summed E-state index contributed by atoms with van der Waals surface area (Å²) in [5, 5.41) is 9.39. The van der Waals surface area contributed by atoms with Crippen LogP contribution in [0.3, 0.4) is 0 Å². The number of nitrogens with two attached hydrogens (primary N) is 1. The molecule has 4 heteroatoms. The number of aryl methyl sites for hydroxylation is 1. The Hall–Kier alpha value is -1.13. The maximum absolute atomic E-state index is 12.8. The second kappa shape index (κ2) is 3.51. The number of benzene rings is 1. The fourth-order valence-electron chi connectivity index (χ4n) is 1.05. The first kappa shape index (κ1) is 8.96. The van der Waals surface area contributed by atoms with E-state index in [1.807, 2.05) is 0 Å². The van der Waals surface area contributed by atoms with E-state index < -0.39 is 0 Å². The molecule has 0 fully saturated rings. The highest BCUT2D eigenvalue weighted by Gasteiger charge is 2.05. The van der Waals surface area contributed by atoms with Crippen LogP contribution in [0.1, 0.15) is 11.1 Å². The molecule has 0 spiro atoms. The lowest BCUT2D eigenvalue weighted by Crippen LogP contribution is -2.21. The molecule has 0 atom stereocenters. The van der Waals surface area contributed by atoms with E-state index in [1.54, 1.807) is 6.92 Å². The number of aromatic hydroxyl groups is 1. The molecule has 0 heterocycles. The third kappa shape index (κ3) is 1.72. The van der Waals surface area contributed by atoms with E-state index in [0.29, 0.717) is 11.1 Å². The van der Waals surface area contributed by atoms with Crippen molar-refractivity contribution in [1.82, 2.24) is 5.43 Å². The van der Waals surface area contributed by atoms with Crippen LogP contribution in [0.4, 0.5) is 4.39 Å². The molecule has 0 aliphatic carbocycles. The summed E-state index contributed by atoms with van der Waals surface area (Å²) < 4.78 is 12.8. The van der Waals surface area contributed by atoms with Crippen molar-refractivity contribution >= 4 is 0 Å². The van der Waals surface area contributed by atoms with Crippen LogP contribution in [0, 0.1) is 12.7 Å². The minimum atomic E-state index is -0.365. The molecule has 0 bridgehead atoms. The highest BCUT2D eigenvalue weighted by atomic mass is 19.1. The molecule has 3 nitrogen and oxygen atoms in total. The SMILES string of the molecule is Cc1cc(F)cc(CNN)c1O. The van der Waals surface area contributed by atoms with Gasteiger partial charge in [0.15, 0.2) is 0 Å². The number of hydrogen-bond donors (Lipinski definition) is 3. The Morgan fingerprint density at radius 3 is 2.83 bits per heavy atom. The van der Waals surface area contributed by atoms with Crippen molar-refractivity contribution in [2.24, 2.45) is 5.84 Å². The van der Waals surface area contributed by atoms with Crippen molar-refractivity contribution < 1.29 is 9.50 Å². The number of phenolic OH excluding ortho intramolecular Hbond substituents is 1. The molecule has 0 radical (unpaired) electrons. The minimum Gasteiger partial charge on any atom is -0.507 e. The Morgan fingerprint density at radius 2 is 2.25 bits per heavy atom. The molecule has 1 aromatic carbocycles. The molecule has 0 aromatic heterocycles. The number of halogens is 1. The molecule has 0 unspecified atom stereocenters. The lowest BCUT2D eigenvalue weighted by molar-refractivity contribution is 0.457. The first-order valence-corrected chi connectivity index (χ1v) is 3.56. The van der Waals surface area contributed by atoms with Gasteiger partial charge in [0, 0.05) is 12.1 Å². The Kier molecular flexibility index (Phi) is 2.62. The zero-order valence-corrected chi connectivity index (χ0v) is 6.76. The molecule has 0 amide bonds. The maximum atomic E-state index is 12.8. The standard InChI is InChI=1S/C8H11FN2O/c1-5-2-7(9)3-6(4-11-10)8(5)12/h2-3,11-12H,4,10H2,1H3. The first-order valence-electron chi connectivity index (χ1n) is 3.56.